The van der Waals surface area contributed by atoms with E-state index in [-0.39, 0.29) is 6.10 Å². The van der Waals surface area contributed by atoms with Gasteiger partial charge in [-0.25, -0.2) is 5.43 Å². The number of rotatable bonds is 6. The van der Waals surface area contributed by atoms with Crippen LogP contribution in [0.2, 0.25) is 0 Å². The molecule has 0 aliphatic carbocycles. The lowest BCUT2D eigenvalue weighted by molar-refractivity contribution is -0.139. The van der Waals surface area contributed by atoms with Crippen LogP contribution in [-0.4, -0.2) is 49.0 Å². The number of nitrogens with one attached hydrogen (secondary N) is 2. The molecule has 29 heavy (non-hydrogen) atoms. The summed E-state index contributed by atoms with van der Waals surface area (Å²) in [6.07, 6.45) is 3.39. The third-order valence-electron chi connectivity index (χ3n) is 4.89. The Balaban J connectivity index is 1.60. The fourth-order valence-corrected chi connectivity index (χ4v) is 3.35. The molecule has 2 aromatic rings. The van der Waals surface area contributed by atoms with Crippen molar-refractivity contribution in [1.29, 1.82) is 0 Å². The van der Waals surface area contributed by atoms with Gasteiger partial charge >= 0.3 is 11.8 Å². The van der Waals surface area contributed by atoms with Crippen LogP contribution in [0.25, 0.3) is 5.69 Å². The van der Waals surface area contributed by atoms with Gasteiger partial charge in [0.1, 0.15) is 5.75 Å². The fraction of sp³-hybridized carbons (Fsp3) is 0.381. The molecule has 1 fully saturated rings. The summed E-state index contributed by atoms with van der Waals surface area (Å²) in [7, 11) is 1.63. The third kappa shape index (κ3) is 5.03. The molecule has 0 saturated carbocycles. The van der Waals surface area contributed by atoms with Crippen molar-refractivity contribution in [2.75, 3.05) is 20.3 Å². The van der Waals surface area contributed by atoms with E-state index in [1.807, 2.05) is 44.2 Å². The largest absolute Gasteiger partial charge is 0.497 e. The van der Waals surface area contributed by atoms with E-state index in [1.165, 1.54) is 6.21 Å². The average Bonchev–Trinajstić information content (AvgIpc) is 3.34. The van der Waals surface area contributed by atoms with Gasteiger partial charge in [-0.2, -0.15) is 5.10 Å². The van der Waals surface area contributed by atoms with Crippen molar-refractivity contribution in [3.8, 4) is 11.4 Å². The molecule has 1 aromatic carbocycles. The minimum atomic E-state index is -0.803. The second kappa shape index (κ2) is 9.38. The predicted octanol–water partition coefficient (Wildman–Crippen LogP) is 1.85. The van der Waals surface area contributed by atoms with Gasteiger partial charge in [0.25, 0.3) is 0 Å². The molecular formula is C21H26N4O4. The van der Waals surface area contributed by atoms with Crippen molar-refractivity contribution in [1.82, 2.24) is 15.3 Å². The Labute approximate surface area is 169 Å². The summed E-state index contributed by atoms with van der Waals surface area (Å²) in [4.78, 5) is 23.7. The minimum Gasteiger partial charge on any atom is -0.497 e. The van der Waals surface area contributed by atoms with Crippen molar-refractivity contribution in [2.24, 2.45) is 5.10 Å². The van der Waals surface area contributed by atoms with Crippen LogP contribution >= 0.6 is 0 Å². The number of aryl methyl sites for hydroxylation is 1. The van der Waals surface area contributed by atoms with Crippen molar-refractivity contribution in [3.63, 3.8) is 0 Å². The summed E-state index contributed by atoms with van der Waals surface area (Å²) in [5, 5.41) is 6.49. The molecule has 1 aliphatic rings. The lowest BCUT2D eigenvalue weighted by Gasteiger charge is -2.10. The molecule has 3 rings (SSSR count). The number of nitrogens with zero attached hydrogens (tertiary/aromatic N) is 2. The molecule has 1 aromatic heterocycles. The third-order valence-corrected chi connectivity index (χ3v) is 4.89. The molecular weight excluding hydrogens is 372 g/mol. The van der Waals surface area contributed by atoms with Crippen molar-refractivity contribution in [2.45, 2.75) is 32.8 Å². The molecule has 2 N–H and O–H groups in total. The summed E-state index contributed by atoms with van der Waals surface area (Å²) in [6, 6.07) is 9.71. The summed E-state index contributed by atoms with van der Waals surface area (Å²) < 4.78 is 12.7. The van der Waals surface area contributed by atoms with Crippen LogP contribution in [-0.2, 0) is 14.3 Å². The van der Waals surface area contributed by atoms with Gasteiger partial charge in [-0.15, -0.1) is 0 Å². The minimum absolute atomic E-state index is 0.0152. The van der Waals surface area contributed by atoms with Crippen LogP contribution in [0.15, 0.2) is 35.4 Å². The molecule has 1 saturated heterocycles. The second-order valence-electron chi connectivity index (χ2n) is 6.90. The van der Waals surface area contributed by atoms with Crippen LogP contribution in [0.3, 0.4) is 0 Å². The lowest BCUT2D eigenvalue weighted by atomic mass is 10.2. The van der Waals surface area contributed by atoms with Gasteiger partial charge in [0.2, 0.25) is 0 Å². The van der Waals surface area contributed by atoms with Gasteiger partial charge in [0, 0.05) is 35.8 Å². The molecule has 0 bridgehead atoms. The van der Waals surface area contributed by atoms with E-state index in [4.69, 9.17) is 9.47 Å². The Hall–Kier alpha value is -3.13. The highest BCUT2D eigenvalue weighted by atomic mass is 16.5. The van der Waals surface area contributed by atoms with E-state index in [2.05, 4.69) is 20.4 Å². The smallest absolute Gasteiger partial charge is 0.329 e. The maximum absolute atomic E-state index is 11.9. The van der Waals surface area contributed by atoms with Crippen LogP contribution in [0.5, 0.6) is 5.75 Å². The molecule has 0 radical (unpaired) electrons. The maximum atomic E-state index is 11.9. The normalized spacial score (nSPS) is 16.2. The van der Waals surface area contributed by atoms with Crippen LogP contribution in [0.4, 0.5) is 0 Å². The quantitative estimate of drug-likeness (QED) is 0.441. The van der Waals surface area contributed by atoms with E-state index in [0.29, 0.717) is 13.2 Å². The van der Waals surface area contributed by atoms with E-state index in [9.17, 15) is 9.59 Å². The van der Waals surface area contributed by atoms with Crippen molar-refractivity contribution in [3.05, 3.63) is 47.3 Å². The first-order valence-electron chi connectivity index (χ1n) is 9.56. The molecule has 0 unspecified atom stereocenters. The number of amides is 2. The molecule has 2 amide bonds. The van der Waals surface area contributed by atoms with Gasteiger partial charge < -0.3 is 19.4 Å². The van der Waals surface area contributed by atoms with Crippen LogP contribution < -0.4 is 15.5 Å². The van der Waals surface area contributed by atoms with E-state index in [0.717, 1.165) is 41.2 Å². The van der Waals surface area contributed by atoms with Gasteiger partial charge in [-0.05, 0) is 57.0 Å². The second-order valence-corrected chi connectivity index (χ2v) is 6.90. The standard InChI is InChI=1S/C21H26N4O4/c1-14-11-16(15(2)25(14)17-6-8-18(28-3)9-7-17)12-23-24-21(27)20(26)22-13-19-5-4-10-29-19/h6-9,11-12,19H,4-5,10,13H2,1-3H3,(H,22,26)(H,24,27)/b23-12-/t19-/m1/s1. The van der Waals surface area contributed by atoms with Gasteiger partial charge in [0.05, 0.1) is 19.4 Å². The first-order chi connectivity index (χ1) is 14.0. The summed E-state index contributed by atoms with van der Waals surface area (Å²) in [6.45, 7) is 4.99. The number of hydrazone groups is 1. The van der Waals surface area contributed by atoms with Gasteiger partial charge in [-0.1, -0.05) is 0 Å². The Morgan fingerprint density at radius 2 is 2.03 bits per heavy atom. The lowest BCUT2D eigenvalue weighted by Crippen LogP contribution is -2.41. The Morgan fingerprint density at radius 3 is 2.69 bits per heavy atom. The Kier molecular flexibility index (Phi) is 6.66. The van der Waals surface area contributed by atoms with E-state index < -0.39 is 11.8 Å². The average molecular weight is 398 g/mol. The molecule has 0 spiro atoms. The summed E-state index contributed by atoms with van der Waals surface area (Å²) >= 11 is 0. The zero-order valence-electron chi connectivity index (χ0n) is 16.9. The molecule has 2 heterocycles. The molecule has 1 atom stereocenters. The fourth-order valence-electron chi connectivity index (χ4n) is 3.35. The van der Waals surface area contributed by atoms with E-state index >= 15 is 0 Å². The first-order valence-corrected chi connectivity index (χ1v) is 9.56. The summed E-state index contributed by atoms with van der Waals surface area (Å²) in [5.74, 6) is -0.733. The monoisotopic (exact) mass is 398 g/mol. The Bertz CT molecular complexity index is 896. The maximum Gasteiger partial charge on any atom is 0.329 e. The zero-order chi connectivity index (χ0) is 20.8. The van der Waals surface area contributed by atoms with Crippen molar-refractivity contribution < 1.29 is 19.1 Å². The molecule has 1 aliphatic heterocycles. The number of ether oxygens (including phenoxy) is 2. The Morgan fingerprint density at radius 1 is 1.28 bits per heavy atom. The molecule has 8 nitrogen and oxygen atoms in total. The number of carbonyl (C=O) groups excluding carboxylic acids is 2. The molecule has 8 heteroatoms. The van der Waals surface area contributed by atoms with Gasteiger partial charge in [0.15, 0.2) is 0 Å². The van der Waals surface area contributed by atoms with Crippen LogP contribution in [0.1, 0.15) is 29.8 Å². The highest BCUT2D eigenvalue weighted by Crippen LogP contribution is 2.21. The highest BCUT2D eigenvalue weighted by molar-refractivity contribution is 6.35. The van der Waals surface area contributed by atoms with Crippen molar-refractivity contribution >= 4 is 18.0 Å². The zero-order valence-corrected chi connectivity index (χ0v) is 16.9. The first kappa shape index (κ1) is 20.6. The van der Waals surface area contributed by atoms with Crippen LogP contribution in [0, 0.1) is 13.8 Å². The topological polar surface area (TPSA) is 94.0 Å². The number of methoxy groups -OCH3 is 1. The SMILES string of the molecule is COc1ccc(-n2c(C)cc(/C=N\NC(=O)C(=O)NC[C@H]3CCCO3)c2C)cc1. The summed E-state index contributed by atoms with van der Waals surface area (Å²) in [5.41, 5.74) is 6.10. The number of aromatic nitrogens is 1. The van der Waals surface area contributed by atoms with E-state index in [1.54, 1.807) is 7.11 Å². The number of hydrogen-bond acceptors (Lipinski definition) is 5. The number of hydrogen-bond donors (Lipinski definition) is 2. The predicted molar refractivity (Wildman–Crippen MR) is 110 cm³/mol. The molecule has 154 valence electrons. The number of carbonyl (C=O) groups is 2. The van der Waals surface area contributed by atoms with Gasteiger partial charge in [-0.3, -0.25) is 9.59 Å². The highest BCUT2D eigenvalue weighted by Gasteiger charge is 2.19. The number of benzene rings is 1.